The molecule has 2 aromatic rings. The molecule has 0 aliphatic carbocycles. The Morgan fingerprint density at radius 2 is 2.11 bits per heavy atom. The van der Waals surface area contributed by atoms with Crippen molar-refractivity contribution in [3.05, 3.63) is 51.0 Å². The first-order chi connectivity index (χ1) is 8.47. The second-order valence-corrected chi connectivity index (χ2v) is 4.84. The smallest absolute Gasteiger partial charge is 0.347 e. The Bertz CT molecular complexity index is 610. The van der Waals surface area contributed by atoms with Gasteiger partial charge in [0.05, 0.1) is 10.7 Å². The van der Waals surface area contributed by atoms with Crippen molar-refractivity contribution < 1.29 is 18.7 Å². The van der Waals surface area contributed by atoms with Crippen molar-refractivity contribution in [3.8, 4) is 0 Å². The van der Waals surface area contributed by atoms with Gasteiger partial charge in [0.15, 0.2) is 11.6 Å². The maximum absolute atomic E-state index is 13.0. The Morgan fingerprint density at radius 1 is 1.39 bits per heavy atom. The minimum absolute atomic E-state index is 0.174. The Labute approximate surface area is 106 Å². The summed E-state index contributed by atoms with van der Waals surface area (Å²) in [6.07, 6.45) is 0.288. The van der Waals surface area contributed by atoms with Crippen molar-refractivity contribution in [2.75, 3.05) is 0 Å². The van der Waals surface area contributed by atoms with Gasteiger partial charge in [-0.15, -0.1) is 11.3 Å². The summed E-state index contributed by atoms with van der Waals surface area (Å²) in [5, 5.41) is 9.45. The number of thiazole rings is 1. The molecule has 0 saturated carbocycles. The molecular weight excluding hydrogens is 260 g/mol. The van der Waals surface area contributed by atoms with Gasteiger partial charge in [0.2, 0.25) is 0 Å². The third kappa shape index (κ3) is 2.53. The van der Waals surface area contributed by atoms with Gasteiger partial charge in [-0.3, -0.25) is 0 Å². The Hall–Kier alpha value is -1.82. The monoisotopic (exact) mass is 269 g/mol. The molecular formula is C12H9F2NO2S. The van der Waals surface area contributed by atoms with E-state index in [1.807, 2.05) is 0 Å². The van der Waals surface area contributed by atoms with Crippen molar-refractivity contribution in [1.82, 2.24) is 4.98 Å². The van der Waals surface area contributed by atoms with Gasteiger partial charge in [-0.2, -0.15) is 0 Å². The van der Waals surface area contributed by atoms with Gasteiger partial charge in [0.1, 0.15) is 4.88 Å². The lowest BCUT2D eigenvalue weighted by Crippen LogP contribution is -1.94. The second-order valence-electron chi connectivity index (χ2n) is 3.75. The lowest BCUT2D eigenvalue weighted by Gasteiger charge is -1.98. The van der Waals surface area contributed by atoms with Crippen LogP contribution >= 0.6 is 11.3 Å². The number of carboxylic acids is 1. The molecule has 1 heterocycles. The molecule has 3 nitrogen and oxygen atoms in total. The van der Waals surface area contributed by atoms with E-state index in [1.54, 1.807) is 6.92 Å². The quantitative estimate of drug-likeness (QED) is 0.931. The number of benzene rings is 1. The second kappa shape index (κ2) is 4.81. The van der Waals surface area contributed by atoms with E-state index in [1.165, 1.54) is 6.07 Å². The van der Waals surface area contributed by atoms with Crippen LogP contribution in [0.5, 0.6) is 0 Å². The predicted molar refractivity (Wildman–Crippen MR) is 63.0 cm³/mol. The third-order valence-electron chi connectivity index (χ3n) is 2.37. The van der Waals surface area contributed by atoms with Crippen LogP contribution in [0.25, 0.3) is 0 Å². The maximum Gasteiger partial charge on any atom is 0.347 e. The van der Waals surface area contributed by atoms with E-state index in [-0.39, 0.29) is 11.3 Å². The van der Waals surface area contributed by atoms with E-state index in [2.05, 4.69) is 4.98 Å². The summed E-state index contributed by atoms with van der Waals surface area (Å²) in [5.74, 6) is -2.85. The first-order valence-electron chi connectivity index (χ1n) is 5.11. The number of carbonyl (C=O) groups is 1. The van der Waals surface area contributed by atoms with Crippen LogP contribution in [0.3, 0.4) is 0 Å². The Kier molecular flexibility index (Phi) is 3.38. The summed E-state index contributed by atoms with van der Waals surface area (Å²) in [6, 6.07) is 3.59. The van der Waals surface area contributed by atoms with Gasteiger partial charge in [-0.1, -0.05) is 6.07 Å². The highest BCUT2D eigenvalue weighted by molar-refractivity contribution is 7.13. The molecule has 94 valence electrons. The molecule has 18 heavy (non-hydrogen) atoms. The maximum atomic E-state index is 13.0. The molecule has 0 aliphatic heterocycles. The van der Waals surface area contributed by atoms with Crippen LogP contribution in [-0.4, -0.2) is 16.1 Å². The summed E-state index contributed by atoms with van der Waals surface area (Å²) in [4.78, 5) is 15.1. The molecule has 2 rings (SSSR count). The molecule has 0 bridgehead atoms. The molecule has 1 aromatic heterocycles. The van der Waals surface area contributed by atoms with Crippen molar-refractivity contribution in [1.29, 1.82) is 0 Å². The van der Waals surface area contributed by atoms with E-state index >= 15 is 0 Å². The molecule has 1 N–H and O–H groups in total. The minimum atomic E-state index is -1.03. The number of halogens is 2. The number of hydrogen-bond acceptors (Lipinski definition) is 3. The summed E-state index contributed by atoms with van der Waals surface area (Å²) in [5.41, 5.74) is 0.990. The molecule has 0 fully saturated rings. The molecule has 0 radical (unpaired) electrons. The summed E-state index contributed by atoms with van der Waals surface area (Å²) in [7, 11) is 0. The first-order valence-corrected chi connectivity index (χ1v) is 5.92. The van der Waals surface area contributed by atoms with Gasteiger partial charge in [0.25, 0.3) is 0 Å². The van der Waals surface area contributed by atoms with Gasteiger partial charge in [-0.05, 0) is 24.6 Å². The number of aromatic carboxylic acids is 1. The normalized spacial score (nSPS) is 10.6. The lowest BCUT2D eigenvalue weighted by molar-refractivity contribution is 0.0701. The van der Waals surface area contributed by atoms with Gasteiger partial charge in [-0.25, -0.2) is 18.6 Å². The minimum Gasteiger partial charge on any atom is -0.477 e. The van der Waals surface area contributed by atoms with E-state index in [4.69, 9.17) is 5.11 Å². The fraction of sp³-hybridized carbons (Fsp3) is 0.167. The van der Waals surface area contributed by atoms with Crippen LogP contribution in [0, 0.1) is 18.6 Å². The molecule has 0 spiro atoms. The fourth-order valence-corrected chi connectivity index (χ4v) is 2.49. The van der Waals surface area contributed by atoms with Gasteiger partial charge < -0.3 is 5.11 Å². The molecule has 0 saturated heterocycles. The van der Waals surface area contributed by atoms with Crippen LogP contribution in [0.4, 0.5) is 8.78 Å². The van der Waals surface area contributed by atoms with Gasteiger partial charge >= 0.3 is 5.97 Å². The van der Waals surface area contributed by atoms with E-state index < -0.39 is 17.6 Å². The van der Waals surface area contributed by atoms with Crippen LogP contribution in [-0.2, 0) is 6.42 Å². The van der Waals surface area contributed by atoms with E-state index in [0.29, 0.717) is 16.3 Å². The molecule has 0 aliphatic rings. The van der Waals surface area contributed by atoms with Crippen LogP contribution in [0.2, 0.25) is 0 Å². The molecule has 0 atom stereocenters. The predicted octanol–water partition coefficient (Wildman–Crippen LogP) is 3.02. The molecule has 6 heteroatoms. The molecule has 0 amide bonds. The number of aromatic nitrogens is 1. The Balaban J connectivity index is 2.26. The summed E-state index contributed by atoms with van der Waals surface area (Å²) in [6.45, 7) is 1.61. The molecule has 1 aromatic carbocycles. The number of hydrogen-bond donors (Lipinski definition) is 1. The topological polar surface area (TPSA) is 50.2 Å². The van der Waals surface area contributed by atoms with Crippen LogP contribution in [0.1, 0.15) is 25.9 Å². The van der Waals surface area contributed by atoms with Crippen molar-refractivity contribution >= 4 is 17.3 Å². The highest BCUT2D eigenvalue weighted by Crippen LogP contribution is 2.21. The average Bonchev–Trinajstić information content (AvgIpc) is 2.65. The zero-order chi connectivity index (χ0) is 13.3. The average molecular weight is 269 g/mol. The number of carboxylic acid groups (broad SMARTS) is 1. The number of nitrogens with zero attached hydrogens (tertiary/aromatic N) is 1. The zero-order valence-electron chi connectivity index (χ0n) is 9.41. The van der Waals surface area contributed by atoms with Crippen LogP contribution in [0.15, 0.2) is 18.2 Å². The SMILES string of the molecule is Cc1nc(Cc2ccc(F)c(F)c2)sc1C(=O)O. The highest BCUT2D eigenvalue weighted by Gasteiger charge is 2.14. The fourth-order valence-electron chi connectivity index (χ4n) is 1.55. The third-order valence-corrected chi connectivity index (χ3v) is 3.52. The Morgan fingerprint density at radius 3 is 2.67 bits per heavy atom. The summed E-state index contributed by atoms with van der Waals surface area (Å²) >= 11 is 1.05. The number of aryl methyl sites for hydroxylation is 1. The lowest BCUT2D eigenvalue weighted by atomic mass is 10.1. The van der Waals surface area contributed by atoms with E-state index in [0.717, 1.165) is 23.5 Å². The number of rotatable bonds is 3. The van der Waals surface area contributed by atoms with Crippen molar-refractivity contribution in [2.24, 2.45) is 0 Å². The first kappa shape index (κ1) is 12.6. The standard InChI is InChI=1S/C12H9F2NO2S/c1-6-11(12(16)17)18-10(15-6)5-7-2-3-8(13)9(14)4-7/h2-4H,5H2,1H3,(H,16,17). The largest absolute Gasteiger partial charge is 0.477 e. The highest BCUT2D eigenvalue weighted by atomic mass is 32.1. The van der Waals surface area contributed by atoms with Crippen molar-refractivity contribution in [3.63, 3.8) is 0 Å². The van der Waals surface area contributed by atoms with Crippen LogP contribution < -0.4 is 0 Å². The summed E-state index contributed by atoms with van der Waals surface area (Å²) < 4.78 is 25.8. The zero-order valence-corrected chi connectivity index (χ0v) is 10.2. The van der Waals surface area contributed by atoms with Gasteiger partial charge in [0, 0.05) is 6.42 Å². The van der Waals surface area contributed by atoms with E-state index in [9.17, 15) is 13.6 Å². The van der Waals surface area contributed by atoms with Crippen molar-refractivity contribution in [2.45, 2.75) is 13.3 Å². The molecule has 0 unspecified atom stereocenters.